The van der Waals surface area contributed by atoms with E-state index in [0.29, 0.717) is 42.3 Å². The van der Waals surface area contributed by atoms with Crippen LogP contribution in [-0.4, -0.2) is 65.6 Å². The highest BCUT2D eigenvalue weighted by Gasteiger charge is 2.51. The molecule has 3 atom stereocenters. The first-order chi connectivity index (χ1) is 20.2. The number of urea groups is 1. The van der Waals surface area contributed by atoms with Crippen LogP contribution in [0.3, 0.4) is 0 Å². The van der Waals surface area contributed by atoms with Gasteiger partial charge in [0.1, 0.15) is 17.1 Å². The highest BCUT2D eigenvalue weighted by molar-refractivity contribution is 8.04. The number of carbonyl (C=O) groups excluding carboxylic acids is 3. The quantitative estimate of drug-likeness (QED) is 0.459. The zero-order valence-corrected chi connectivity index (χ0v) is 24.9. The first-order valence-corrected chi connectivity index (χ1v) is 15.4. The minimum absolute atomic E-state index is 0.00250. The van der Waals surface area contributed by atoms with Crippen molar-refractivity contribution in [1.29, 1.82) is 0 Å². The van der Waals surface area contributed by atoms with Crippen LogP contribution in [0.1, 0.15) is 40.0 Å². The van der Waals surface area contributed by atoms with Gasteiger partial charge in [-0.25, -0.2) is 9.59 Å². The molecule has 10 nitrogen and oxygen atoms in total. The number of nitrogens with one attached hydrogen (secondary N) is 3. The second-order valence-electron chi connectivity index (χ2n) is 12.0. The first kappa shape index (κ1) is 28.4. The molecule has 0 spiro atoms. The van der Waals surface area contributed by atoms with Crippen molar-refractivity contribution in [3.8, 4) is 11.5 Å². The van der Waals surface area contributed by atoms with Gasteiger partial charge in [-0.2, -0.15) is 0 Å². The number of piperidine rings is 2. The van der Waals surface area contributed by atoms with Crippen molar-refractivity contribution >= 4 is 35.5 Å². The van der Waals surface area contributed by atoms with Gasteiger partial charge in [-0.05, 0) is 83.0 Å². The number of amides is 4. The van der Waals surface area contributed by atoms with Crippen LogP contribution < -0.4 is 25.6 Å². The predicted octanol–water partition coefficient (Wildman–Crippen LogP) is 4.79. The molecule has 4 amide bonds. The maximum atomic E-state index is 13.5. The number of nitrogens with zero attached hydrogens (tertiary/aromatic N) is 2. The molecule has 2 aromatic carbocycles. The van der Waals surface area contributed by atoms with Crippen LogP contribution in [0.4, 0.5) is 15.3 Å². The number of rotatable bonds is 5. The van der Waals surface area contributed by atoms with Gasteiger partial charge in [0, 0.05) is 36.4 Å². The van der Waals surface area contributed by atoms with E-state index in [0.717, 1.165) is 24.4 Å². The van der Waals surface area contributed by atoms with Crippen LogP contribution >= 0.6 is 11.8 Å². The van der Waals surface area contributed by atoms with Crippen LogP contribution in [0, 0.1) is 5.92 Å². The molecule has 3 fully saturated rings. The molecule has 6 rings (SSSR count). The number of para-hydroxylation sites is 1. The highest BCUT2D eigenvalue weighted by atomic mass is 32.2. The maximum absolute atomic E-state index is 13.5. The second kappa shape index (κ2) is 11.5. The summed E-state index contributed by atoms with van der Waals surface area (Å²) in [6.07, 6.45) is 1.75. The Bertz CT molecular complexity index is 1370. The van der Waals surface area contributed by atoms with Crippen LogP contribution in [0.15, 0.2) is 65.2 Å². The molecule has 4 heterocycles. The van der Waals surface area contributed by atoms with Crippen molar-refractivity contribution in [2.75, 3.05) is 24.5 Å². The Labute approximate surface area is 250 Å². The van der Waals surface area contributed by atoms with E-state index in [2.05, 4.69) is 16.0 Å². The molecule has 0 radical (unpaired) electrons. The number of carbonyl (C=O) groups is 3. The van der Waals surface area contributed by atoms with Crippen LogP contribution in [-0.2, 0) is 9.53 Å². The molecule has 222 valence electrons. The monoisotopic (exact) mass is 591 g/mol. The normalized spacial score (nSPS) is 24.2. The van der Waals surface area contributed by atoms with Crippen molar-refractivity contribution in [1.82, 2.24) is 20.9 Å². The van der Waals surface area contributed by atoms with Crippen molar-refractivity contribution in [3.05, 3.63) is 65.2 Å². The van der Waals surface area contributed by atoms with E-state index in [1.54, 1.807) is 4.90 Å². The average Bonchev–Trinajstić information content (AvgIpc) is 3.33. The third-order valence-corrected chi connectivity index (χ3v) is 9.28. The Kier molecular flexibility index (Phi) is 7.80. The van der Waals surface area contributed by atoms with Crippen molar-refractivity contribution < 1.29 is 23.9 Å². The Morgan fingerprint density at radius 3 is 2.36 bits per heavy atom. The molecule has 2 aromatic rings. The molecule has 0 saturated carbocycles. The van der Waals surface area contributed by atoms with E-state index in [-0.39, 0.29) is 41.4 Å². The molecule has 4 aliphatic heterocycles. The maximum Gasteiger partial charge on any atom is 0.410 e. The van der Waals surface area contributed by atoms with E-state index in [1.165, 1.54) is 11.8 Å². The zero-order valence-electron chi connectivity index (χ0n) is 24.1. The van der Waals surface area contributed by atoms with Gasteiger partial charge in [0.25, 0.3) is 5.91 Å². The molecule has 3 saturated heterocycles. The molecular weight excluding hydrogens is 554 g/mol. The van der Waals surface area contributed by atoms with Gasteiger partial charge in [0.05, 0.1) is 16.3 Å². The number of anilines is 1. The fraction of sp³-hybridized carbons (Fsp3) is 0.452. The molecule has 0 bridgehead atoms. The summed E-state index contributed by atoms with van der Waals surface area (Å²) in [5, 5.41) is 9.77. The number of hydrogen-bond acceptors (Lipinski definition) is 7. The molecule has 3 unspecified atom stereocenters. The number of likely N-dealkylation sites (tertiary alicyclic amines) is 1. The lowest BCUT2D eigenvalue weighted by molar-refractivity contribution is -0.117. The summed E-state index contributed by atoms with van der Waals surface area (Å²) in [5.74, 6) is 1.24. The van der Waals surface area contributed by atoms with Gasteiger partial charge >= 0.3 is 12.1 Å². The smallest absolute Gasteiger partial charge is 0.410 e. The summed E-state index contributed by atoms with van der Waals surface area (Å²) in [6, 6.07) is 16.8. The molecular formula is C31H37N5O5S. The number of benzene rings is 2. The zero-order chi connectivity index (χ0) is 29.4. The lowest BCUT2D eigenvalue weighted by Crippen LogP contribution is -2.62. The Balaban J connectivity index is 1.12. The van der Waals surface area contributed by atoms with Crippen molar-refractivity contribution in [2.24, 2.45) is 5.92 Å². The van der Waals surface area contributed by atoms with Gasteiger partial charge in [-0.15, -0.1) is 0 Å². The average molecular weight is 592 g/mol. The Hall–Kier alpha value is -3.70. The number of hydrogen-bond donors (Lipinski definition) is 3. The third kappa shape index (κ3) is 5.94. The van der Waals surface area contributed by atoms with Gasteiger partial charge in [-0.1, -0.05) is 30.0 Å². The van der Waals surface area contributed by atoms with E-state index in [1.807, 2.05) is 80.3 Å². The fourth-order valence-corrected chi connectivity index (χ4v) is 7.41. The molecule has 4 aliphatic rings. The van der Waals surface area contributed by atoms with E-state index >= 15 is 0 Å². The summed E-state index contributed by atoms with van der Waals surface area (Å²) in [4.78, 5) is 43.5. The standard InChI is InChI=1S/C31H37N5O5S/c1-31(2,3)41-30(39)35-17-14-19(15-18-35)33-27(37)26-25-24-23(13-16-32-28(24)42-26)36(29(38)34-25)20-9-11-22(12-10-20)40-21-7-5-4-6-8-21/h4-12,19,23-24,28,32H,13-18H2,1-3H3,(H,33,37)(H,34,38). The minimum atomic E-state index is -0.543. The highest BCUT2D eigenvalue weighted by Crippen LogP contribution is 2.48. The topological polar surface area (TPSA) is 112 Å². The fourth-order valence-electron chi connectivity index (χ4n) is 6.01. The lowest BCUT2D eigenvalue weighted by atomic mass is 9.86. The van der Waals surface area contributed by atoms with Crippen LogP contribution in [0.25, 0.3) is 0 Å². The molecule has 11 heteroatoms. The summed E-state index contributed by atoms with van der Waals surface area (Å²) in [7, 11) is 0. The number of ether oxygens (including phenoxy) is 2. The van der Waals surface area contributed by atoms with Gasteiger partial charge in [0.15, 0.2) is 0 Å². The van der Waals surface area contributed by atoms with Crippen molar-refractivity contribution in [3.63, 3.8) is 0 Å². The third-order valence-electron chi connectivity index (χ3n) is 7.92. The van der Waals surface area contributed by atoms with Crippen LogP contribution in [0.5, 0.6) is 11.5 Å². The van der Waals surface area contributed by atoms with E-state index in [9.17, 15) is 14.4 Å². The van der Waals surface area contributed by atoms with Gasteiger partial charge in [-0.3, -0.25) is 9.69 Å². The predicted molar refractivity (Wildman–Crippen MR) is 161 cm³/mol. The summed E-state index contributed by atoms with van der Waals surface area (Å²) >= 11 is 1.49. The summed E-state index contributed by atoms with van der Waals surface area (Å²) in [5.41, 5.74) is 0.951. The van der Waals surface area contributed by atoms with Crippen LogP contribution in [0.2, 0.25) is 0 Å². The lowest BCUT2D eigenvalue weighted by Gasteiger charge is -2.45. The molecule has 0 aromatic heterocycles. The Morgan fingerprint density at radius 2 is 1.67 bits per heavy atom. The van der Waals surface area contributed by atoms with Gasteiger partial charge in [0.2, 0.25) is 0 Å². The number of thioether (sulfide) groups is 1. The molecule has 42 heavy (non-hydrogen) atoms. The van der Waals surface area contributed by atoms with Gasteiger partial charge < -0.3 is 30.3 Å². The van der Waals surface area contributed by atoms with E-state index in [4.69, 9.17) is 9.47 Å². The Morgan fingerprint density at radius 1 is 0.976 bits per heavy atom. The first-order valence-electron chi connectivity index (χ1n) is 14.5. The largest absolute Gasteiger partial charge is 0.457 e. The van der Waals surface area contributed by atoms with E-state index < -0.39 is 5.60 Å². The molecule has 0 aliphatic carbocycles. The summed E-state index contributed by atoms with van der Waals surface area (Å²) in [6.45, 7) is 7.35. The summed E-state index contributed by atoms with van der Waals surface area (Å²) < 4.78 is 11.4. The minimum Gasteiger partial charge on any atom is -0.457 e. The van der Waals surface area contributed by atoms with Crippen molar-refractivity contribution in [2.45, 2.75) is 63.1 Å². The molecule has 3 N–H and O–H groups in total. The second-order valence-corrected chi connectivity index (χ2v) is 13.2. The SMILES string of the molecule is CC(C)(C)OC(=O)N1CCC(NC(=O)C2=C3NC(=O)N(c4ccc(Oc5ccccc5)cc4)C4CCNC(S2)C34)CC1.